The summed E-state index contributed by atoms with van der Waals surface area (Å²) in [4.78, 5) is 23.5. The molecule has 0 saturated heterocycles. The first-order valence-corrected chi connectivity index (χ1v) is 6.17. The maximum absolute atomic E-state index is 11.2. The van der Waals surface area contributed by atoms with Gasteiger partial charge in [-0.05, 0) is 32.4 Å². The third kappa shape index (κ3) is 3.21. The molecule has 0 aromatic heterocycles. The van der Waals surface area contributed by atoms with E-state index in [1.165, 1.54) is 12.1 Å². The van der Waals surface area contributed by atoms with E-state index in [2.05, 4.69) is 0 Å². The molecule has 104 valence electrons. The van der Waals surface area contributed by atoms with Crippen molar-refractivity contribution in [2.45, 2.75) is 33.2 Å². The van der Waals surface area contributed by atoms with E-state index in [9.17, 15) is 14.9 Å². The maximum atomic E-state index is 11.2. The highest BCUT2D eigenvalue weighted by Crippen LogP contribution is 2.33. The highest BCUT2D eigenvalue weighted by atomic mass is 16.6. The lowest BCUT2D eigenvalue weighted by Crippen LogP contribution is -2.32. The maximum Gasteiger partial charge on any atom is 0.342 e. The number of carboxylic acid groups (broad SMARTS) is 1. The van der Waals surface area contributed by atoms with Crippen molar-refractivity contribution < 1.29 is 14.8 Å². The van der Waals surface area contributed by atoms with E-state index in [-0.39, 0.29) is 17.3 Å². The van der Waals surface area contributed by atoms with Crippen molar-refractivity contribution in [2.75, 3.05) is 11.4 Å². The molecule has 0 radical (unpaired) electrons. The molecule has 1 aromatic rings. The lowest BCUT2D eigenvalue weighted by molar-refractivity contribution is -0.384. The monoisotopic (exact) mass is 266 g/mol. The van der Waals surface area contributed by atoms with Crippen LogP contribution in [0.15, 0.2) is 18.2 Å². The van der Waals surface area contributed by atoms with Crippen LogP contribution in [0.5, 0.6) is 0 Å². The average Bonchev–Trinajstić information content (AvgIpc) is 2.34. The minimum atomic E-state index is -1.28. The van der Waals surface area contributed by atoms with Crippen LogP contribution in [-0.4, -0.2) is 28.6 Å². The molecule has 0 spiro atoms. The Balaban J connectivity index is 3.44. The van der Waals surface area contributed by atoms with E-state index in [0.29, 0.717) is 12.2 Å². The Kier molecular flexibility index (Phi) is 4.86. The minimum Gasteiger partial charge on any atom is -0.477 e. The summed E-state index contributed by atoms with van der Waals surface area (Å²) in [7, 11) is 0. The molecular weight excluding hydrogens is 248 g/mol. The van der Waals surface area contributed by atoms with Crippen LogP contribution in [0.3, 0.4) is 0 Å². The molecule has 1 rings (SSSR count). The minimum absolute atomic E-state index is 0.0581. The zero-order valence-corrected chi connectivity index (χ0v) is 11.3. The lowest BCUT2D eigenvalue weighted by Gasteiger charge is -2.28. The van der Waals surface area contributed by atoms with Crippen molar-refractivity contribution in [3.8, 4) is 0 Å². The van der Waals surface area contributed by atoms with E-state index >= 15 is 0 Å². The topological polar surface area (TPSA) is 83.7 Å². The summed E-state index contributed by atoms with van der Waals surface area (Å²) in [6, 6.07) is 4.45. The number of carboxylic acids is 1. The smallest absolute Gasteiger partial charge is 0.342 e. The number of hydrogen-bond acceptors (Lipinski definition) is 4. The largest absolute Gasteiger partial charge is 0.477 e. The first kappa shape index (κ1) is 14.9. The quantitative estimate of drug-likeness (QED) is 0.632. The second-order valence-corrected chi connectivity index (χ2v) is 4.52. The fraction of sp³-hybridized carbons (Fsp3) is 0.462. The van der Waals surface area contributed by atoms with E-state index in [1.54, 1.807) is 6.07 Å². The molecular formula is C13H18N2O4. The predicted octanol–water partition coefficient (Wildman–Crippen LogP) is 2.92. The molecule has 0 fully saturated rings. The van der Waals surface area contributed by atoms with E-state index in [1.807, 2.05) is 25.7 Å². The highest BCUT2D eigenvalue weighted by molar-refractivity contribution is 5.95. The van der Waals surface area contributed by atoms with Crippen LogP contribution in [0.1, 0.15) is 37.6 Å². The zero-order valence-electron chi connectivity index (χ0n) is 11.3. The van der Waals surface area contributed by atoms with Crippen molar-refractivity contribution in [2.24, 2.45) is 0 Å². The average molecular weight is 266 g/mol. The van der Waals surface area contributed by atoms with Crippen LogP contribution >= 0.6 is 0 Å². The summed E-state index contributed by atoms with van der Waals surface area (Å²) >= 11 is 0. The number of aromatic carboxylic acids is 1. The molecule has 0 unspecified atom stereocenters. The fourth-order valence-corrected chi connectivity index (χ4v) is 2.03. The van der Waals surface area contributed by atoms with E-state index in [0.717, 1.165) is 6.42 Å². The molecule has 0 bridgehead atoms. The van der Waals surface area contributed by atoms with E-state index < -0.39 is 10.9 Å². The van der Waals surface area contributed by atoms with Gasteiger partial charge < -0.3 is 10.0 Å². The van der Waals surface area contributed by atoms with Gasteiger partial charge in [0.05, 0.1) is 4.92 Å². The molecule has 0 saturated carbocycles. The van der Waals surface area contributed by atoms with Gasteiger partial charge in [-0.15, -0.1) is 0 Å². The van der Waals surface area contributed by atoms with Crippen molar-refractivity contribution in [3.63, 3.8) is 0 Å². The molecule has 0 aliphatic carbocycles. The van der Waals surface area contributed by atoms with Crippen molar-refractivity contribution in [1.29, 1.82) is 0 Å². The number of carbonyl (C=O) groups is 1. The number of rotatable bonds is 6. The van der Waals surface area contributed by atoms with Crippen molar-refractivity contribution >= 4 is 17.3 Å². The number of hydrogen-bond donors (Lipinski definition) is 1. The van der Waals surface area contributed by atoms with Crippen LogP contribution in [0.25, 0.3) is 0 Å². The lowest BCUT2D eigenvalue weighted by atomic mass is 10.1. The van der Waals surface area contributed by atoms with Gasteiger partial charge in [0.1, 0.15) is 11.3 Å². The van der Waals surface area contributed by atoms with E-state index in [4.69, 9.17) is 5.11 Å². The molecule has 6 nitrogen and oxygen atoms in total. The van der Waals surface area contributed by atoms with Crippen LogP contribution in [0.2, 0.25) is 0 Å². The Hall–Kier alpha value is -2.11. The normalized spacial score (nSPS) is 10.5. The van der Waals surface area contributed by atoms with Crippen LogP contribution in [-0.2, 0) is 0 Å². The van der Waals surface area contributed by atoms with Gasteiger partial charge in [-0.1, -0.05) is 13.0 Å². The molecule has 1 aromatic carbocycles. The van der Waals surface area contributed by atoms with Gasteiger partial charge in [-0.2, -0.15) is 0 Å². The van der Waals surface area contributed by atoms with Gasteiger partial charge in [0.2, 0.25) is 0 Å². The van der Waals surface area contributed by atoms with Crippen LogP contribution in [0, 0.1) is 10.1 Å². The van der Waals surface area contributed by atoms with Gasteiger partial charge >= 0.3 is 11.7 Å². The van der Waals surface area contributed by atoms with Gasteiger partial charge in [-0.25, -0.2) is 4.79 Å². The Morgan fingerprint density at radius 3 is 2.53 bits per heavy atom. The molecule has 0 aliphatic heterocycles. The Morgan fingerprint density at radius 1 is 1.47 bits per heavy atom. The van der Waals surface area contributed by atoms with Gasteiger partial charge in [0, 0.05) is 12.6 Å². The predicted molar refractivity (Wildman–Crippen MR) is 72.8 cm³/mol. The summed E-state index contributed by atoms with van der Waals surface area (Å²) in [6.07, 6.45) is 0.826. The number of benzene rings is 1. The van der Waals surface area contributed by atoms with Crippen LogP contribution < -0.4 is 4.90 Å². The molecule has 0 heterocycles. The van der Waals surface area contributed by atoms with Crippen molar-refractivity contribution in [3.05, 3.63) is 33.9 Å². The standard InChI is InChI=1S/C13H18N2O4/c1-4-8-14(9(2)3)11-7-5-6-10(13(16)17)12(11)15(18)19/h5-7,9H,4,8H2,1-3H3,(H,16,17). The molecule has 0 amide bonds. The first-order valence-electron chi connectivity index (χ1n) is 6.17. The Labute approximate surface area is 111 Å². The molecule has 1 N–H and O–H groups in total. The molecule has 0 atom stereocenters. The number of nitro benzene ring substituents is 1. The third-order valence-electron chi connectivity index (χ3n) is 2.82. The number of nitro groups is 1. The summed E-state index contributed by atoms with van der Waals surface area (Å²) in [6.45, 7) is 6.46. The summed E-state index contributed by atoms with van der Waals surface area (Å²) in [5, 5.41) is 20.3. The summed E-state index contributed by atoms with van der Waals surface area (Å²) < 4.78 is 0. The second kappa shape index (κ2) is 6.17. The summed E-state index contributed by atoms with van der Waals surface area (Å²) in [5.74, 6) is -1.28. The fourth-order valence-electron chi connectivity index (χ4n) is 2.03. The third-order valence-corrected chi connectivity index (χ3v) is 2.82. The number of nitrogens with zero attached hydrogens (tertiary/aromatic N) is 2. The van der Waals surface area contributed by atoms with Crippen molar-refractivity contribution in [1.82, 2.24) is 0 Å². The number of anilines is 1. The molecule has 19 heavy (non-hydrogen) atoms. The number of para-hydroxylation sites is 1. The Bertz CT molecular complexity index is 486. The molecule has 6 heteroatoms. The summed E-state index contributed by atoms with van der Waals surface area (Å²) in [5.41, 5.74) is -0.247. The first-order chi connectivity index (χ1) is 8.90. The second-order valence-electron chi connectivity index (χ2n) is 4.52. The van der Waals surface area contributed by atoms with Crippen LogP contribution in [0.4, 0.5) is 11.4 Å². The molecule has 0 aliphatic rings. The zero-order chi connectivity index (χ0) is 14.6. The van der Waals surface area contributed by atoms with Gasteiger partial charge in [-0.3, -0.25) is 10.1 Å². The highest BCUT2D eigenvalue weighted by Gasteiger charge is 2.27. The van der Waals surface area contributed by atoms with Gasteiger partial charge in [0.25, 0.3) is 0 Å². The van der Waals surface area contributed by atoms with Gasteiger partial charge in [0.15, 0.2) is 0 Å². The SMILES string of the molecule is CCCN(c1cccc(C(=O)O)c1[N+](=O)[O-])C(C)C. The Morgan fingerprint density at radius 2 is 2.11 bits per heavy atom.